The largest absolute Gasteiger partial charge is 0.397 e. The first-order chi connectivity index (χ1) is 10.7. The maximum absolute atomic E-state index is 12.2. The lowest BCUT2D eigenvalue weighted by Crippen LogP contribution is -2.13. The quantitative estimate of drug-likeness (QED) is 0.644. The molecule has 1 heterocycles. The van der Waals surface area contributed by atoms with E-state index in [2.05, 4.69) is 10.3 Å². The van der Waals surface area contributed by atoms with E-state index >= 15 is 0 Å². The third-order valence-corrected chi connectivity index (χ3v) is 3.48. The van der Waals surface area contributed by atoms with Crippen molar-refractivity contribution in [2.45, 2.75) is 6.42 Å². The Morgan fingerprint density at radius 2 is 1.77 bits per heavy atom. The number of carbonyl (C=O) groups excluding carboxylic acids is 1. The van der Waals surface area contributed by atoms with E-state index in [0.717, 1.165) is 17.7 Å². The Hall–Kier alpha value is -3.01. The van der Waals surface area contributed by atoms with Crippen molar-refractivity contribution < 1.29 is 4.79 Å². The van der Waals surface area contributed by atoms with Crippen LogP contribution in [0.4, 0.5) is 11.4 Å². The number of rotatable bonds is 4. The molecule has 0 bridgehead atoms. The van der Waals surface area contributed by atoms with Gasteiger partial charge in [-0.3, -0.25) is 4.79 Å². The number of nitrogens with one attached hydrogen (secondary N) is 2. The van der Waals surface area contributed by atoms with Crippen LogP contribution in [-0.2, 0) is 6.42 Å². The van der Waals surface area contributed by atoms with Crippen LogP contribution in [-0.4, -0.2) is 10.9 Å². The summed E-state index contributed by atoms with van der Waals surface area (Å²) < 4.78 is 0. The van der Waals surface area contributed by atoms with Gasteiger partial charge in [-0.2, -0.15) is 0 Å². The van der Waals surface area contributed by atoms with Gasteiger partial charge in [0.25, 0.3) is 5.91 Å². The van der Waals surface area contributed by atoms with Crippen molar-refractivity contribution in [3.8, 4) is 0 Å². The molecule has 0 saturated heterocycles. The van der Waals surface area contributed by atoms with Crippen LogP contribution in [0.25, 0.3) is 0 Å². The maximum Gasteiger partial charge on any atom is 0.255 e. The number of hydrogen-bond acceptors (Lipinski definition) is 2. The Balaban J connectivity index is 1.70. The Morgan fingerprint density at radius 3 is 2.45 bits per heavy atom. The van der Waals surface area contributed by atoms with E-state index in [1.165, 1.54) is 0 Å². The van der Waals surface area contributed by atoms with Gasteiger partial charge in [-0.15, -0.1) is 0 Å². The number of aromatic nitrogens is 1. The van der Waals surface area contributed by atoms with Gasteiger partial charge < -0.3 is 16.0 Å². The summed E-state index contributed by atoms with van der Waals surface area (Å²) >= 11 is 0. The van der Waals surface area contributed by atoms with Crippen molar-refractivity contribution in [1.82, 2.24) is 4.98 Å². The molecule has 1 aromatic heterocycles. The average molecular weight is 291 g/mol. The third-order valence-electron chi connectivity index (χ3n) is 3.48. The summed E-state index contributed by atoms with van der Waals surface area (Å²) in [4.78, 5) is 15.4. The second-order valence-electron chi connectivity index (χ2n) is 5.11. The molecule has 0 fully saturated rings. The second kappa shape index (κ2) is 6.18. The predicted molar refractivity (Wildman–Crippen MR) is 88.8 cm³/mol. The predicted octanol–water partition coefficient (Wildman–Crippen LogP) is 3.44. The van der Waals surface area contributed by atoms with Gasteiger partial charge in [0.15, 0.2) is 0 Å². The SMILES string of the molecule is Nc1ccccc1NC(=O)c1ccc(Cc2ccc[nH]2)cc1. The standard InChI is InChI=1S/C18H17N3O/c19-16-5-1-2-6-17(16)21-18(22)14-9-7-13(8-10-14)12-15-4-3-11-20-15/h1-11,20H,12,19H2,(H,21,22). The molecule has 4 N–H and O–H groups in total. The van der Waals surface area contributed by atoms with Gasteiger partial charge in [0.1, 0.15) is 0 Å². The highest BCUT2D eigenvalue weighted by atomic mass is 16.1. The summed E-state index contributed by atoms with van der Waals surface area (Å²) in [7, 11) is 0. The molecule has 0 saturated carbocycles. The Labute approximate surface area is 129 Å². The fourth-order valence-corrected chi connectivity index (χ4v) is 2.28. The molecule has 22 heavy (non-hydrogen) atoms. The number of H-pyrrole nitrogens is 1. The molecule has 0 unspecified atom stereocenters. The molecular weight excluding hydrogens is 274 g/mol. The summed E-state index contributed by atoms with van der Waals surface area (Å²) in [6, 6.07) is 18.8. The van der Waals surface area contributed by atoms with Gasteiger partial charge in [0.05, 0.1) is 11.4 Å². The van der Waals surface area contributed by atoms with Crippen molar-refractivity contribution in [1.29, 1.82) is 0 Å². The van der Waals surface area contributed by atoms with E-state index < -0.39 is 0 Å². The molecular formula is C18H17N3O. The number of benzene rings is 2. The Kier molecular flexibility index (Phi) is 3.92. The normalized spacial score (nSPS) is 10.4. The summed E-state index contributed by atoms with van der Waals surface area (Å²) in [6.07, 6.45) is 2.72. The highest BCUT2D eigenvalue weighted by Crippen LogP contribution is 2.18. The van der Waals surface area contributed by atoms with Gasteiger partial charge in [-0.25, -0.2) is 0 Å². The number of hydrogen-bond donors (Lipinski definition) is 3. The molecule has 0 radical (unpaired) electrons. The van der Waals surface area contributed by atoms with Crippen LogP contribution < -0.4 is 11.1 Å². The Bertz CT molecular complexity index is 761. The summed E-state index contributed by atoms with van der Waals surface area (Å²) in [6.45, 7) is 0. The lowest BCUT2D eigenvalue weighted by atomic mass is 10.1. The fourth-order valence-electron chi connectivity index (χ4n) is 2.28. The van der Waals surface area contributed by atoms with E-state index in [9.17, 15) is 4.79 Å². The summed E-state index contributed by atoms with van der Waals surface area (Å²) in [5, 5.41) is 2.82. The molecule has 110 valence electrons. The minimum absolute atomic E-state index is 0.163. The molecule has 1 amide bonds. The average Bonchev–Trinajstić information content (AvgIpc) is 3.03. The van der Waals surface area contributed by atoms with E-state index in [1.54, 1.807) is 12.1 Å². The number of carbonyl (C=O) groups is 1. The number of nitrogen functional groups attached to an aromatic ring is 1. The van der Waals surface area contributed by atoms with Crippen LogP contribution >= 0.6 is 0 Å². The van der Waals surface area contributed by atoms with Crippen molar-refractivity contribution in [2.24, 2.45) is 0 Å². The van der Waals surface area contributed by atoms with E-state index in [4.69, 9.17) is 5.73 Å². The van der Waals surface area contributed by atoms with E-state index in [-0.39, 0.29) is 5.91 Å². The molecule has 0 aliphatic heterocycles. The third kappa shape index (κ3) is 3.17. The lowest BCUT2D eigenvalue weighted by molar-refractivity contribution is 0.102. The van der Waals surface area contributed by atoms with Crippen LogP contribution in [0.1, 0.15) is 21.6 Å². The van der Waals surface area contributed by atoms with Gasteiger partial charge >= 0.3 is 0 Å². The first-order valence-electron chi connectivity index (χ1n) is 7.09. The first-order valence-corrected chi connectivity index (χ1v) is 7.09. The zero-order valence-electron chi connectivity index (χ0n) is 12.0. The second-order valence-corrected chi connectivity index (χ2v) is 5.11. The van der Waals surface area contributed by atoms with Crippen LogP contribution in [0.3, 0.4) is 0 Å². The van der Waals surface area contributed by atoms with Crippen LogP contribution in [0, 0.1) is 0 Å². The molecule has 0 atom stereocenters. The first kappa shape index (κ1) is 13.9. The molecule has 0 aliphatic rings. The lowest BCUT2D eigenvalue weighted by Gasteiger charge is -2.08. The molecule has 2 aromatic carbocycles. The molecule has 0 spiro atoms. The zero-order valence-corrected chi connectivity index (χ0v) is 12.0. The zero-order chi connectivity index (χ0) is 15.4. The molecule has 3 rings (SSSR count). The van der Waals surface area contributed by atoms with E-state index in [1.807, 2.05) is 54.7 Å². The van der Waals surface area contributed by atoms with E-state index in [0.29, 0.717) is 16.9 Å². The topological polar surface area (TPSA) is 70.9 Å². The number of anilines is 2. The fraction of sp³-hybridized carbons (Fsp3) is 0.0556. The number of para-hydroxylation sites is 2. The highest BCUT2D eigenvalue weighted by Gasteiger charge is 2.08. The minimum atomic E-state index is -0.163. The molecule has 3 aromatic rings. The molecule has 4 nitrogen and oxygen atoms in total. The summed E-state index contributed by atoms with van der Waals surface area (Å²) in [5.74, 6) is -0.163. The minimum Gasteiger partial charge on any atom is -0.397 e. The van der Waals surface area contributed by atoms with Gasteiger partial charge in [0, 0.05) is 23.9 Å². The molecule has 4 heteroatoms. The van der Waals surface area contributed by atoms with Crippen molar-refractivity contribution >= 4 is 17.3 Å². The number of nitrogens with two attached hydrogens (primary N) is 1. The monoisotopic (exact) mass is 291 g/mol. The van der Waals surface area contributed by atoms with Crippen LogP contribution in [0.2, 0.25) is 0 Å². The van der Waals surface area contributed by atoms with Gasteiger partial charge in [-0.05, 0) is 42.0 Å². The number of amides is 1. The van der Waals surface area contributed by atoms with Crippen LogP contribution in [0.15, 0.2) is 66.9 Å². The smallest absolute Gasteiger partial charge is 0.255 e. The van der Waals surface area contributed by atoms with Crippen molar-refractivity contribution in [2.75, 3.05) is 11.1 Å². The van der Waals surface area contributed by atoms with Crippen molar-refractivity contribution in [3.05, 3.63) is 83.7 Å². The van der Waals surface area contributed by atoms with Gasteiger partial charge in [0.2, 0.25) is 0 Å². The Morgan fingerprint density at radius 1 is 1.00 bits per heavy atom. The summed E-state index contributed by atoms with van der Waals surface area (Å²) in [5.41, 5.74) is 9.92. The van der Waals surface area contributed by atoms with Gasteiger partial charge in [-0.1, -0.05) is 24.3 Å². The van der Waals surface area contributed by atoms with Crippen LogP contribution in [0.5, 0.6) is 0 Å². The molecule has 0 aliphatic carbocycles. The number of aromatic amines is 1. The highest BCUT2D eigenvalue weighted by molar-refractivity contribution is 6.05. The maximum atomic E-state index is 12.2. The van der Waals surface area contributed by atoms with Crippen molar-refractivity contribution in [3.63, 3.8) is 0 Å².